The summed E-state index contributed by atoms with van der Waals surface area (Å²) in [6.07, 6.45) is 0.944. The Bertz CT molecular complexity index is 563. The van der Waals surface area contributed by atoms with E-state index in [0.29, 0.717) is 39.4 Å². The second kappa shape index (κ2) is 11.2. The van der Waals surface area contributed by atoms with Gasteiger partial charge in [-0.2, -0.15) is 0 Å². The van der Waals surface area contributed by atoms with Crippen molar-refractivity contribution in [3.8, 4) is 0 Å². The van der Waals surface area contributed by atoms with E-state index in [2.05, 4.69) is 4.90 Å². The molecule has 2 heterocycles. The largest absolute Gasteiger partial charge is 0.387 e. The second-order valence-corrected chi connectivity index (χ2v) is 7.12. The number of nitrogens with zero attached hydrogens (tertiary/aromatic N) is 2. The Morgan fingerprint density at radius 3 is 2.26 bits per heavy atom. The zero-order valence-electron chi connectivity index (χ0n) is 15.6. The van der Waals surface area contributed by atoms with Crippen molar-refractivity contribution >= 4 is 30.7 Å². The predicted molar refractivity (Wildman–Crippen MR) is 110 cm³/mol. The Morgan fingerprint density at radius 1 is 1.11 bits per heavy atom. The molecule has 1 atom stereocenters. The fourth-order valence-corrected chi connectivity index (χ4v) is 3.76. The fourth-order valence-electron chi connectivity index (χ4n) is 3.76. The maximum absolute atomic E-state index is 13.0. The molecule has 0 radical (unpaired) electrons. The van der Waals surface area contributed by atoms with E-state index in [9.17, 15) is 9.90 Å². The molecule has 0 aromatic heterocycles. The number of hydrogen-bond donors (Lipinski definition) is 2. The molecule has 0 saturated carbocycles. The summed E-state index contributed by atoms with van der Waals surface area (Å²) in [7, 11) is 0. The number of hydrogen-bond acceptors (Lipinski definition) is 5. The molecule has 0 aliphatic carbocycles. The third-order valence-corrected chi connectivity index (χ3v) is 5.57. The van der Waals surface area contributed by atoms with Gasteiger partial charge in [-0.1, -0.05) is 30.3 Å². The highest BCUT2D eigenvalue weighted by Gasteiger charge is 2.42. The van der Waals surface area contributed by atoms with Crippen LogP contribution < -0.4 is 5.73 Å². The normalized spacial score (nSPS) is 20.9. The summed E-state index contributed by atoms with van der Waals surface area (Å²) in [5.41, 5.74) is 6.45. The highest BCUT2D eigenvalue weighted by atomic mass is 35.5. The number of halogens is 2. The van der Waals surface area contributed by atoms with Gasteiger partial charge in [0.15, 0.2) is 0 Å². The summed E-state index contributed by atoms with van der Waals surface area (Å²) in [6.45, 7) is 5.19. The van der Waals surface area contributed by atoms with Gasteiger partial charge in [0.25, 0.3) is 0 Å². The maximum Gasteiger partial charge on any atom is 0.230 e. The van der Waals surface area contributed by atoms with Crippen molar-refractivity contribution < 1.29 is 14.6 Å². The van der Waals surface area contributed by atoms with Gasteiger partial charge < -0.3 is 20.5 Å². The van der Waals surface area contributed by atoms with Gasteiger partial charge in [0.1, 0.15) is 0 Å². The van der Waals surface area contributed by atoms with Gasteiger partial charge in [-0.3, -0.25) is 9.69 Å². The monoisotopic (exact) mass is 419 g/mol. The number of carbonyl (C=O) groups is 1. The number of aliphatic hydroxyl groups is 1. The number of carbonyl (C=O) groups excluding carboxylic acids is 1. The first-order chi connectivity index (χ1) is 12.1. The van der Waals surface area contributed by atoms with Crippen LogP contribution in [0.25, 0.3) is 0 Å². The molecule has 1 aromatic carbocycles. The average Bonchev–Trinajstić information content (AvgIpc) is 2.69. The minimum absolute atomic E-state index is 0. The molecule has 0 bridgehead atoms. The molecule has 2 fully saturated rings. The quantitative estimate of drug-likeness (QED) is 0.754. The van der Waals surface area contributed by atoms with E-state index in [1.165, 1.54) is 0 Å². The van der Waals surface area contributed by atoms with Crippen LogP contribution in [0.5, 0.6) is 0 Å². The number of ether oxygens (including phenoxy) is 1. The highest BCUT2D eigenvalue weighted by Crippen LogP contribution is 2.32. The fraction of sp³-hybridized carbons (Fsp3) is 0.632. The van der Waals surface area contributed by atoms with Crippen molar-refractivity contribution in [2.75, 3.05) is 52.5 Å². The first-order valence-corrected chi connectivity index (χ1v) is 9.17. The minimum atomic E-state index is -0.491. The Labute approximate surface area is 173 Å². The van der Waals surface area contributed by atoms with E-state index in [1.807, 2.05) is 35.2 Å². The van der Waals surface area contributed by atoms with Crippen LogP contribution in [-0.2, 0) is 9.53 Å². The van der Waals surface area contributed by atoms with E-state index in [1.54, 1.807) is 0 Å². The Morgan fingerprint density at radius 2 is 1.70 bits per heavy atom. The van der Waals surface area contributed by atoms with E-state index in [0.717, 1.165) is 31.5 Å². The lowest BCUT2D eigenvalue weighted by Gasteiger charge is -2.42. The summed E-state index contributed by atoms with van der Waals surface area (Å²) in [5.74, 6) is 0.182. The molecule has 1 aromatic rings. The van der Waals surface area contributed by atoms with Crippen molar-refractivity contribution in [1.82, 2.24) is 9.80 Å². The van der Waals surface area contributed by atoms with Crippen molar-refractivity contribution in [1.29, 1.82) is 0 Å². The van der Waals surface area contributed by atoms with Gasteiger partial charge >= 0.3 is 0 Å². The van der Waals surface area contributed by atoms with Crippen LogP contribution in [0.15, 0.2) is 30.3 Å². The van der Waals surface area contributed by atoms with Crippen LogP contribution in [0.3, 0.4) is 0 Å². The van der Waals surface area contributed by atoms with Gasteiger partial charge in [0, 0.05) is 52.5 Å². The topological polar surface area (TPSA) is 79.0 Å². The van der Waals surface area contributed by atoms with Crippen LogP contribution in [0.4, 0.5) is 0 Å². The number of β-amino-alcohol motifs (C(OH)–C–C–N with tert-alkyl or cyclic N) is 1. The van der Waals surface area contributed by atoms with Crippen LogP contribution in [0.2, 0.25) is 0 Å². The lowest BCUT2D eigenvalue weighted by molar-refractivity contribution is -0.149. The molecule has 0 spiro atoms. The molecule has 2 saturated heterocycles. The first kappa shape index (κ1) is 24.1. The molecule has 3 rings (SSSR count). The maximum atomic E-state index is 13.0. The number of benzene rings is 1. The third kappa shape index (κ3) is 5.79. The van der Waals surface area contributed by atoms with Crippen LogP contribution in [-0.4, -0.2) is 73.3 Å². The SMILES string of the molecule is Cl.Cl.NCC1(C(=O)N2CCN(CC(O)c3ccccc3)CC2)CCOCC1. The zero-order valence-corrected chi connectivity index (χ0v) is 17.2. The number of amides is 1. The van der Waals surface area contributed by atoms with Gasteiger partial charge in [-0.25, -0.2) is 0 Å². The van der Waals surface area contributed by atoms with Crippen molar-refractivity contribution in [3.63, 3.8) is 0 Å². The van der Waals surface area contributed by atoms with Gasteiger partial charge in [0.05, 0.1) is 11.5 Å². The summed E-state index contributed by atoms with van der Waals surface area (Å²) in [4.78, 5) is 17.1. The molecule has 3 N–H and O–H groups in total. The van der Waals surface area contributed by atoms with Crippen molar-refractivity contribution in [3.05, 3.63) is 35.9 Å². The molecule has 2 aliphatic rings. The van der Waals surface area contributed by atoms with Gasteiger partial charge in [-0.15, -0.1) is 24.8 Å². The second-order valence-electron chi connectivity index (χ2n) is 7.12. The van der Waals surface area contributed by atoms with E-state index in [-0.39, 0.29) is 30.7 Å². The Kier molecular flexibility index (Phi) is 10.0. The first-order valence-electron chi connectivity index (χ1n) is 9.17. The summed E-state index contributed by atoms with van der Waals surface area (Å²) in [5, 5.41) is 10.4. The summed E-state index contributed by atoms with van der Waals surface area (Å²) < 4.78 is 5.40. The Hall–Kier alpha value is -0.890. The van der Waals surface area contributed by atoms with Crippen molar-refractivity contribution in [2.45, 2.75) is 18.9 Å². The highest BCUT2D eigenvalue weighted by molar-refractivity contribution is 5.85. The number of rotatable bonds is 5. The molecule has 6 nitrogen and oxygen atoms in total. The zero-order chi connectivity index (χ0) is 17.7. The molecular formula is C19H31Cl2N3O3. The predicted octanol–water partition coefficient (Wildman–Crippen LogP) is 1.46. The minimum Gasteiger partial charge on any atom is -0.387 e. The molecule has 154 valence electrons. The average molecular weight is 420 g/mol. The summed E-state index contributed by atoms with van der Waals surface area (Å²) in [6, 6.07) is 9.72. The standard InChI is InChI=1S/C19H29N3O3.2ClH/c20-15-19(6-12-25-13-7-19)18(24)22-10-8-21(9-11-22)14-17(23)16-4-2-1-3-5-16;;/h1-5,17,23H,6-15,20H2;2*1H. The molecule has 8 heteroatoms. The van der Waals surface area contributed by atoms with Crippen molar-refractivity contribution in [2.24, 2.45) is 11.1 Å². The van der Waals surface area contributed by atoms with Crippen LogP contribution in [0.1, 0.15) is 24.5 Å². The number of piperazine rings is 1. The molecule has 1 unspecified atom stereocenters. The molecule has 2 aliphatic heterocycles. The molecule has 1 amide bonds. The lowest BCUT2D eigenvalue weighted by Crippen LogP contribution is -2.56. The van der Waals surface area contributed by atoms with E-state index >= 15 is 0 Å². The third-order valence-electron chi connectivity index (χ3n) is 5.57. The van der Waals surface area contributed by atoms with Crippen LogP contribution in [0, 0.1) is 5.41 Å². The van der Waals surface area contributed by atoms with Crippen LogP contribution >= 0.6 is 24.8 Å². The number of nitrogens with two attached hydrogens (primary N) is 1. The smallest absolute Gasteiger partial charge is 0.230 e. The Balaban J connectivity index is 0.00000182. The van der Waals surface area contributed by atoms with Gasteiger partial charge in [0.2, 0.25) is 5.91 Å². The summed E-state index contributed by atoms with van der Waals surface area (Å²) >= 11 is 0. The molecular weight excluding hydrogens is 389 g/mol. The number of aliphatic hydroxyl groups excluding tert-OH is 1. The lowest BCUT2D eigenvalue weighted by atomic mass is 9.78. The van der Waals surface area contributed by atoms with Gasteiger partial charge in [-0.05, 0) is 18.4 Å². The van der Waals surface area contributed by atoms with E-state index in [4.69, 9.17) is 10.5 Å². The molecule has 27 heavy (non-hydrogen) atoms. The van der Waals surface area contributed by atoms with E-state index < -0.39 is 11.5 Å².